The van der Waals surface area contributed by atoms with E-state index in [4.69, 9.17) is 16.3 Å². The Kier molecular flexibility index (Phi) is 6.66. The van der Waals surface area contributed by atoms with Crippen LogP contribution in [0, 0.1) is 0 Å². The number of carbonyl (C=O) groups is 2. The van der Waals surface area contributed by atoms with Gasteiger partial charge in [0.25, 0.3) is 5.91 Å². The summed E-state index contributed by atoms with van der Waals surface area (Å²) in [5.41, 5.74) is 1.47. The SMILES string of the molecule is O=C(/C=C/c1cccc(Cl)c1)O[C@H](C(=O)N1CCCCC1)c1ccccc1. The lowest BCUT2D eigenvalue weighted by Gasteiger charge is -2.30. The fourth-order valence-corrected chi connectivity index (χ4v) is 3.30. The third-order valence-electron chi connectivity index (χ3n) is 4.49. The minimum atomic E-state index is -0.930. The number of carbonyl (C=O) groups excluding carboxylic acids is 2. The van der Waals surface area contributed by atoms with Crippen LogP contribution >= 0.6 is 11.6 Å². The zero-order chi connectivity index (χ0) is 19.1. The van der Waals surface area contributed by atoms with E-state index in [0.717, 1.165) is 24.8 Å². The van der Waals surface area contributed by atoms with Crippen LogP contribution in [0.5, 0.6) is 0 Å². The number of benzene rings is 2. The predicted octanol–water partition coefficient (Wildman–Crippen LogP) is 4.65. The van der Waals surface area contributed by atoms with E-state index in [0.29, 0.717) is 23.7 Å². The molecule has 140 valence electrons. The number of ether oxygens (including phenoxy) is 1. The Morgan fingerprint density at radius 2 is 1.74 bits per heavy atom. The smallest absolute Gasteiger partial charge is 0.331 e. The number of piperidine rings is 1. The van der Waals surface area contributed by atoms with E-state index in [1.54, 1.807) is 41.3 Å². The summed E-state index contributed by atoms with van der Waals surface area (Å²) < 4.78 is 5.55. The monoisotopic (exact) mass is 383 g/mol. The van der Waals surface area contributed by atoms with E-state index >= 15 is 0 Å². The molecule has 0 N–H and O–H groups in total. The molecular formula is C22H22ClNO3. The fourth-order valence-electron chi connectivity index (χ4n) is 3.10. The van der Waals surface area contributed by atoms with Crippen LogP contribution in [-0.2, 0) is 14.3 Å². The van der Waals surface area contributed by atoms with Gasteiger partial charge < -0.3 is 9.64 Å². The van der Waals surface area contributed by atoms with Gasteiger partial charge in [0.1, 0.15) is 0 Å². The number of hydrogen-bond acceptors (Lipinski definition) is 3. The lowest BCUT2D eigenvalue weighted by Crippen LogP contribution is -2.40. The first-order chi connectivity index (χ1) is 13.1. The molecule has 0 unspecified atom stereocenters. The van der Waals surface area contributed by atoms with Crippen LogP contribution in [0.4, 0.5) is 0 Å². The molecule has 1 aliphatic rings. The van der Waals surface area contributed by atoms with Crippen LogP contribution in [0.2, 0.25) is 5.02 Å². The first kappa shape index (κ1) is 19.2. The molecule has 0 saturated carbocycles. The maximum atomic E-state index is 13.0. The molecule has 1 heterocycles. The number of rotatable bonds is 5. The maximum Gasteiger partial charge on any atom is 0.331 e. The molecule has 1 saturated heterocycles. The first-order valence-electron chi connectivity index (χ1n) is 9.11. The van der Waals surface area contributed by atoms with E-state index < -0.39 is 12.1 Å². The molecule has 1 fully saturated rings. The van der Waals surface area contributed by atoms with Gasteiger partial charge >= 0.3 is 5.97 Å². The fraction of sp³-hybridized carbons (Fsp3) is 0.273. The van der Waals surface area contributed by atoms with Gasteiger partial charge in [-0.25, -0.2) is 4.79 Å². The highest BCUT2D eigenvalue weighted by Crippen LogP contribution is 2.23. The number of nitrogens with zero attached hydrogens (tertiary/aromatic N) is 1. The highest BCUT2D eigenvalue weighted by Gasteiger charge is 2.29. The van der Waals surface area contributed by atoms with Crippen LogP contribution in [0.1, 0.15) is 36.5 Å². The van der Waals surface area contributed by atoms with Crippen LogP contribution in [0.25, 0.3) is 6.08 Å². The van der Waals surface area contributed by atoms with Crippen molar-refractivity contribution in [3.05, 3.63) is 76.8 Å². The zero-order valence-electron chi connectivity index (χ0n) is 15.0. The van der Waals surface area contributed by atoms with Gasteiger partial charge in [0.05, 0.1) is 0 Å². The van der Waals surface area contributed by atoms with Crippen LogP contribution in [0.3, 0.4) is 0 Å². The van der Waals surface area contributed by atoms with Gasteiger partial charge in [-0.05, 0) is 43.0 Å². The molecule has 5 heteroatoms. The van der Waals surface area contributed by atoms with Crippen molar-refractivity contribution in [1.82, 2.24) is 4.90 Å². The van der Waals surface area contributed by atoms with Crippen LogP contribution in [-0.4, -0.2) is 29.9 Å². The first-order valence-corrected chi connectivity index (χ1v) is 9.49. The van der Waals surface area contributed by atoms with Crippen molar-refractivity contribution in [2.75, 3.05) is 13.1 Å². The lowest BCUT2D eigenvalue weighted by atomic mass is 10.1. The number of esters is 1. The lowest BCUT2D eigenvalue weighted by molar-refractivity contribution is -0.157. The minimum Gasteiger partial charge on any atom is -0.444 e. The Bertz CT molecular complexity index is 813. The minimum absolute atomic E-state index is 0.162. The molecule has 2 aromatic carbocycles. The van der Waals surface area contributed by atoms with Gasteiger partial charge in [0.2, 0.25) is 6.10 Å². The van der Waals surface area contributed by atoms with Crippen LogP contribution < -0.4 is 0 Å². The average molecular weight is 384 g/mol. The van der Waals surface area contributed by atoms with Gasteiger partial charge in [0.15, 0.2) is 0 Å². The van der Waals surface area contributed by atoms with Gasteiger partial charge in [-0.15, -0.1) is 0 Å². The number of hydrogen-bond donors (Lipinski definition) is 0. The Morgan fingerprint density at radius 3 is 2.44 bits per heavy atom. The second-order valence-corrected chi connectivity index (χ2v) is 6.94. The van der Waals surface area contributed by atoms with Crippen molar-refractivity contribution in [3.8, 4) is 0 Å². The highest BCUT2D eigenvalue weighted by molar-refractivity contribution is 6.30. The summed E-state index contributed by atoms with van der Waals surface area (Å²) in [6.07, 6.45) is 5.11. The summed E-state index contributed by atoms with van der Waals surface area (Å²) in [6, 6.07) is 16.3. The Hall–Kier alpha value is -2.59. The van der Waals surface area contributed by atoms with E-state index in [9.17, 15) is 9.59 Å². The third-order valence-corrected chi connectivity index (χ3v) is 4.72. The molecule has 0 radical (unpaired) electrons. The van der Waals surface area contributed by atoms with Crippen molar-refractivity contribution < 1.29 is 14.3 Å². The van der Waals surface area contributed by atoms with E-state index in [1.165, 1.54) is 6.08 Å². The van der Waals surface area contributed by atoms with Gasteiger partial charge in [-0.2, -0.15) is 0 Å². The summed E-state index contributed by atoms with van der Waals surface area (Å²) >= 11 is 5.95. The van der Waals surface area contributed by atoms with Crippen molar-refractivity contribution in [2.24, 2.45) is 0 Å². The standard InChI is InChI=1S/C22H22ClNO3/c23-19-11-7-8-17(16-19)12-13-20(25)27-21(18-9-3-1-4-10-18)22(26)24-14-5-2-6-15-24/h1,3-4,7-13,16,21H,2,5-6,14-15H2/b13-12+/t21-/m0/s1. The molecule has 0 aliphatic carbocycles. The molecule has 3 rings (SSSR count). The predicted molar refractivity (Wildman–Crippen MR) is 106 cm³/mol. The van der Waals surface area contributed by atoms with Crippen molar-refractivity contribution >= 4 is 29.6 Å². The van der Waals surface area contributed by atoms with Crippen molar-refractivity contribution in [3.63, 3.8) is 0 Å². The Labute approximate surface area is 164 Å². The molecule has 0 spiro atoms. The van der Waals surface area contributed by atoms with Gasteiger partial charge in [-0.1, -0.05) is 54.1 Å². The Balaban J connectivity index is 1.74. The number of amides is 1. The summed E-state index contributed by atoms with van der Waals surface area (Å²) in [6.45, 7) is 1.41. The summed E-state index contributed by atoms with van der Waals surface area (Å²) in [5.74, 6) is -0.723. The largest absolute Gasteiger partial charge is 0.444 e. The van der Waals surface area contributed by atoms with Gasteiger partial charge in [0, 0.05) is 29.8 Å². The van der Waals surface area contributed by atoms with E-state index in [1.807, 2.05) is 24.3 Å². The molecule has 1 aliphatic heterocycles. The molecule has 4 nitrogen and oxygen atoms in total. The summed E-state index contributed by atoms with van der Waals surface area (Å²) in [4.78, 5) is 27.1. The Morgan fingerprint density at radius 1 is 1.00 bits per heavy atom. The highest BCUT2D eigenvalue weighted by atomic mass is 35.5. The average Bonchev–Trinajstić information content (AvgIpc) is 2.71. The molecule has 1 amide bonds. The molecule has 0 bridgehead atoms. The van der Waals surface area contributed by atoms with Crippen molar-refractivity contribution in [1.29, 1.82) is 0 Å². The second kappa shape index (κ2) is 9.38. The quantitative estimate of drug-likeness (QED) is 0.557. The zero-order valence-corrected chi connectivity index (χ0v) is 15.8. The van der Waals surface area contributed by atoms with Crippen LogP contribution in [0.15, 0.2) is 60.7 Å². The van der Waals surface area contributed by atoms with Crippen molar-refractivity contribution in [2.45, 2.75) is 25.4 Å². The van der Waals surface area contributed by atoms with E-state index in [-0.39, 0.29) is 5.91 Å². The van der Waals surface area contributed by atoms with Gasteiger partial charge in [-0.3, -0.25) is 4.79 Å². The normalized spacial score (nSPS) is 15.5. The summed E-state index contributed by atoms with van der Waals surface area (Å²) in [5, 5.41) is 0.591. The summed E-state index contributed by atoms with van der Waals surface area (Å²) in [7, 11) is 0. The number of likely N-dealkylation sites (tertiary alicyclic amines) is 1. The molecule has 0 aromatic heterocycles. The molecular weight excluding hydrogens is 362 g/mol. The third kappa shape index (κ3) is 5.44. The molecule has 1 atom stereocenters. The maximum absolute atomic E-state index is 13.0. The molecule has 2 aromatic rings. The number of halogens is 1. The topological polar surface area (TPSA) is 46.6 Å². The second-order valence-electron chi connectivity index (χ2n) is 6.50. The van der Waals surface area contributed by atoms with E-state index in [2.05, 4.69) is 0 Å². The molecule has 27 heavy (non-hydrogen) atoms.